The van der Waals surface area contributed by atoms with Crippen molar-refractivity contribution in [1.82, 2.24) is 0 Å². The minimum Gasteiger partial charge on any atom is -0.460 e. The molecule has 136 valence electrons. The number of rotatable bonds is 9. The van der Waals surface area contributed by atoms with Crippen molar-refractivity contribution in [2.45, 2.75) is 71.5 Å². The maximum absolute atomic E-state index is 11.9. The van der Waals surface area contributed by atoms with E-state index in [4.69, 9.17) is 13.0 Å². The Morgan fingerprint density at radius 3 is 1.52 bits per heavy atom. The van der Waals surface area contributed by atoms with Gasteiger partial charge in [0, 0.05) is 13.6 Å². The number of esters is 1. The molecule has 0 spiro atoms. The van der Waals surface area contributed by atoms with Gasteiger partial charge >= 0.3 is 14.5 Å². The Hall–Kier alpha value is -0.00247. The molecule has 0 fully saturated rings. The van der Waals surface area contributed by atoms with E-state index in [-0.39, 0.29) is 12.2 Å². The normalized spacial score (nSPS) is 13.8. The average molecular weight is 393 g/mol. The molecule has 0 bridgehead atoms. The van der Waals surface area contributed by atoms with Crippen LogP contribution >= 0.6 is 0 Å². The number of ether oxygens (including phenoxy) is 1. The van der Waals surface area contributed by atoms with Gasteiger partial charge in [-0.3, -0.25) is 0 Å². The molecule has 0 rings (SSSR count). The van der Waals surface area contributed by atoms with Crippen molar-refractivity contribution in [2.75, 3.05) is 6.23 Å². The van der Waals surface area contributed by atoms with Crippen LogP contribution in [0.3, 0.4) is 0 Å². The maximum Gasteiger partial charge on any atom is 0.353 e. The van der Waals surface area contributed by atoms with Gasteiger partial charge in [-0.25, -0.2) is 4.79 Å². The van der Waals surface area contributed by atoms with Crippen molar-refractivity contribution >= 4 is 39.2 Å². The van der Waals surface area contributed by atoms with Crippen molar-refractivity contribution in [3.8, 4) is 0 Å². The second kappa shape index (κ2) is 7.92. The van der Waals surface area contributed by atoms with E-state index in [0.717, 1.165) is 5.67 Å². The molecule has 0 atom stereocenters. The predicted octanol–water partition coefficient (Wildman–Crippen LogP) is 4.67. The molecule has 0 saturated carbocycles. The lowest BCUT2D eigenvalue weighted by atomic mass is 10.4. The van der Waals surface area contributed by atoms with E-state index in [9.17, 15) is 4.79 Å². The van der Waals surface area contributed by atoms with Crippen molar-refractivity contribution in [1.29, 1.82) is 0 Å². The molecule has 0 N–H and O–H groups in total. The van der Waals surface area contributed by atoms with Crippen LogP contribution in [0.15, 0.2) is 12.2 Å². The molecule has 0 aromatic heterocycles. The molecule has 23 heavy (non-hydrogen) atoms. The Kier molecular flexibility index (Phi) is 7.92. The third-order valence-electron chi connectivity index (χ3n) is 2.56. The van der Waals surface area contributed by atoms with E-state index < -0.39 is 33.3 Å². The van der Waals surface area contributed by atoms with Crippen molar-refractivity contribution in [3.05, 3.63) is 12.2 Å². The molecule has 0 aliphatic rings. The summed E-state index contributed by atoms with van der Waals surface area (Å²) in [5.41, 5.74) is 1.36. The van der Waals surface area contributed by atoms with Crippen molar-refractivity contribution in [3.63, 3.8) is 0 Å². The molecule has 0 radical (unpaired) electrons. The number of hydrogen-bond acceptors (Lipinski definition) is 4. The van der Waals surface area contributed by atoms with Gasteiger partial charge in [-0.1, -0.05) is 26.2 Å². The van der Waals surface area contributed by atoms with Crippen LogP contribution in [0.2, 0.25) is 64.6 Å². The van der Waals surface area contributed by atoms with Gasteiger partial charge in [0.15, 0.2) is 16.6 Å². The summed E-state index contributed by atoms with van der Waals surface area (Å²) in [6, 6.07) is 0. The van der Waals surface area contributed by atoms with Crippen LogP contribution < -0.4 is 0 Å². The van der Waals surface area contributed by atoms with E-state index >= 15 is 0 Å². The molecule has 0 saturated heterocycles. The fraction of sp³-hybridized carbons (Fsp3) is 0.800. The van der Waals surface area contributed by atoms with Gasteiger partial charge in [-0.2, -0.15) is 0 Å². The molecular formula is C15H36O4Si4. The molecule has 0 aromatic rings. The van der Waals surface area contributed by atoms with E-state index in [1.165, 1.54) is 0 Å². The third-order valence-corrected chi connectivity index (χ3v) is 17.4. The van der Waals surface area contributed by atoms with Gasteiger partial charge in [0.1, 0.15) is 6.23 Å². The summed E-state index contributed by atoms with van der Waals surface area (Å²) in [6.45, 7) is 25.3. The summed E-state index contributed by atoms with van der Waals surface area (Å²) in [6.07, 6.45) is 0.275. The Balaban J connectivity index is 5.62. The highest BCUT2D eigenvalue weighted by atomic mass is 28.5. The van der Waals surface area contributed by atoms with Gasteiger partial charge in [-0.05, 0) is 51.9 Å². The van der Waals surface area contributed by atoms with Crippen LogP contribution in [0.1, 0.15) is 6.92 Å². The predicted molar refractivity (Wildman–Crippen MR) is 109 cm³/mol. The van der Waals surface area contributed by atoms with Gasteiger partial charge in [-0.15, -0.1) is 0 Å². The standard InChI is InChI=1S/C15H36O4Si4/c1-14(2)15(16)17-12-23(13-20(3,4)5,18-21(6,7)8)19-22(9,10)11/h1,12-13H2,2-11H3. The number of carbonyl (C=O) groups excluding carboxylic acids is 1. The van der Waals surface area contributed by atoms with Crippen LogP contribution in [-0.4, -0.2) is 45.5 Å². The lowest BCUT2D eigenvalue weighted by Crippen LogP contribution is -2.61. The minimum absolute atomic E-state index is 0.275. The first-order valence-corrected chi connectivity index (χ1v) is 20.9. The first kappa shape index (κ1) is 23.0. The fourth-order valence-electron chi connectivity index (χ4n) is 2.43. The van der Waals surface area contributed by atoms with Crippen molar-refractivity contribution < 1.29 is 17.8 Å². The van der Waals surface area contributed by atoms with E-state index in [1.807, 2.05) is 0 Å². The van der Waals surface area contributed by atoms with Crippen LogP contribution in [0.25, 0.3) is 0 Å². The second-order valence-electron chi connectivity index (χ2n) is 9.43. The number of hydrogen-bond donors (Lipinski definition) is 0. The van der Waals surface area contributed by atoms with Crippen LogP contribution in [0, 0.1) is 0 Å². The maximum atomic E-state index is 11.9. The Bertz CT molecular complexity index is 389. The zero-order chi connectivity index (χ0) is 18.7. The lowest BCUT2D eigenvalue weighted by molar-refractivity contribution is -0.137. The fourth-order valence-corrected chi connectivity index (χ4v) is 21.5. The molecular weight excluding hydrogens is 357 g/mol. The SMILES string of the molecule is C=C(C)C(=O)OC[Si](C[Si](C)(C)C)(O[Si](C)(C)C)O[Si](C)(C)C. The van der Waals surface area contributed by atoms with E-state index in [1.54, 1.807) is 6.92 Å². The summed E-state index contributed by atoms with van der Waals surface area (Å²) < 4.78 is 18.8. The van der Waals surface area contributed by atoms with E-state index in [0.29, 0.717) is 5.57 Å². The second-order valence-corrected chi connectivity index (χ2v) is 28.2. The molecule has 0 heterocycles. The highest BCUT2D eigenvalue weighted by Gasteiger charge is 2.48. The van der Waals surface area contributed by atoms with Crippen LogP contribution in [-0.2, 0) is 17.8 Å². The van der Waals surface area contributed by atoms with Crippen molar-refractivity contribution in [2.24, 2.45) is 0 Å². The molecule has 0 aliphatic carbocycles. The first-order valence-electron chi connectivity index (χ1n) is 8.18. The highest BCUT2D eigenvalue weighted by Crippen LogP contribution is 2.29. The smallest absolute Gasteiger partial charge is 0.353 e. The van der Waals surface area contributed by atoms with Gasteiger partial charge in [0.2, 0.25) is 0 Å². The average Bonchev–Trinajstić information content (AvgIpc) is 2.17. The molecule has 0 aromatic carbocycles. The summed E-state index contributed by atoms with van der Waals surface area (Å²) >= 11 is 0. The summed E-state index contributed by atoms with van der Waals surface area (Å²) in [5, 5.41) is 0. The Morgan fingerprint density at radius 1 is 0.870 bits per heavy atom. The molecule has 4 nitrogen and oxygen atoms in total. The van der Waals surface area contributed by atoms with Gasteiger partial charge in [0.25, 0.3) is 0 Å². The topological polar surface area (TPSA) is 44.8 Å². The Labute approximate surface area is 147 Å². The zero-order valence-electron chi connectivity index (χ0n) is 16.8. The quantitative estimate of drug-likeness (QED) is 0.325. The van der Waals surface area contributed by atoms with E-state index in [2.05, 4.69) is 65.5 Å². The summed E-state index contributed by atoms with van der Waals surface area (Å²) in [7, 11) is -7.71. The highest BCUT2D eigenvalue weighted by molar-refractivity contribution is 6.97. The lowest BCUT2D eigenvalue weighted by Gasteiger charge is -2.42. The van der Waals surface area contributed by atoms with Crippen LogP contribution in [0.5, 0.6) is 0 Å². The Morgan fingerprint density at radius 2 is 1.26 bits per heavy atom. The van der Waals surface area contributed by atoms with Gasteiger partial charge in [0.05, 0.1) is 0 Å². The molecule has 8 heteroatoms. The first-order chi connectivity index (χ1) is 9.95. The molecule has 0 unspecified atom stereocenters. The zero-order valence-corrected chi connectivity index (χ0v) is 20.8. The van der Waals surface area contributed by atoms with Crippen LogP contribution in [0.4, 0.5) is 0 Å². The molecule has 0 amide bonds. The third kappa shape index (κ3) is 11.2. The largest absolute Gasteiger partial charge is 0.460 e. The monoisotopic (exact) mass is 392 g/mol. The number of carbonyl (C=O) groups is 1. The minimum atomic E-state index is -2.61. The molecule has 0 aliphatic heterocycles. The summed E-state index contributed by atoms with van der Waals surface area (Å²) in [5.74, 6) is -0.351. The summed E-state index contributed by atoms with van der Waals surface area (Å²) in [4.78, 5) is 11.9. The van der Waals surface area contributed by atoms with Gasteiger partial charge < -0.3 is 13.0 Å².